The third-order valence-electron chi connectivity index (χ3n) is 6.01. The summed E-state index contributed by atoms with van der Waals surface area (Å²) in [5, 5.41) is 6.66. The summed E-state index contributed by atoms with van der Waals surface area (Å²) < 4.78 is 0. The smallest absolute Gasteiger partial charge is 0.251 e. The van der Waals surface area contributed by atoms with E-state index in [1.165, 1.54) is 11.1 Å². The Hall–Kier alpha value is -2.37. The second kappa shape index (κ2) is 10.5. The number of nitrogens with zero attached hydrogens (tertiary/aromatic N) is 1. The molecule has 6 heteroatoms. The van der Waals surface area contributed by atoms with Crippen LogP contribution < -0.4 is 10.6 Å². The molecule has 0 spiro atoms. The SMILES string of the molecule is C[C@H](NC(=O)c1ccc(C(C)(C)C)cc1)C(=O)NC1CCN(Cc2ccc(Cl)cc2)CC1. The van der Waals surface area contributed by atoms with Crippen LogP contribution in [0.1, 0.15) is 62.0 Å². The highest BCUT2D eigenvalue weighted by atomic mass is 35.5. The Kier molecular flexibility index (Phi) is 7.96. The molecule has 1 aliphatic rings. The lowest BCUT2D eigenvalue weighted by Gasteiger charge is -2.33. The van der Waals surface area contributed by atoms with Gasteiger partial charge in [-0.3, -0.25) is 14.5 Å². The molecule has 3 rings (SSSR count). The monoisotopic (exact) mass is 455 g/mol. The Morgan fingerprint density at radius 1 is 1.03 bits per heavy atom. The van der Waals surface area contributed by atoms with Crippen molar-refractivity contribution in [2.24, 2.45) is 0 Å². The third kappa shape index (κ3) is 6.81. The first kappa shape index (κ1) is 24.3. The lowest BCUT2D eigenvalue weighted by atomic mass is 9.86. The maximum atomic E-state index is 12.6. The highest BCUT2D eigenvalue weighted by Gasteiger charge is 2.24. The zero-order chi connectivity index (χ0) is 23.3. The van der Waals surface area contributed by atoms with Crippen molar-refractivity contribution in [3.05, 3.63) is 70.2 Å². The number of halogens is 1. The van der Waals surface area contributed by atoms with Crippen molar-refractivity contribution in [2.45, 2.75) is 64.6 Å². The quantitative estimate of drug-likeness (QED) is 0.672. The minimum Gasteiger partial charge on any atom is -0.351 e. The fourth-order valence-corrected chi connectivity index (χ4v) is 4.00. The third-order valence-corrected chi connectivity index (χ3v) is 6.26. The van der Waals surface area contributed by atoms with Crippen LogP contribution in [-0.2, 0) is 16.8 Å². The van der Waals surface area contributed by atoms with Gasteiger partial charge in [-0.2, -0.15) is 0 Å². The number of carbonyl (C=O) groups is 2. The number of carbonyl (C=O) groups excluding carboxylic acids is 2. The van der Waals surface area contributed by atoms with Gasteiger partial charge in [-0.25, -0.2) is 0 Å². The van der Waals surface area contributed by atoms with Gasteiger partial charge in [0.25, 0.3) is 5.91 Å². The van der Waals surface area contributed by atoms with Crippen LogP contribution in [0.2, 0.25) is 5.02 Å². The number of benzene rings is 2. The molecule has 2 aromatic rings. The summed E-state index contributed by atoms with van der Waals surface area (Å²) in [6.45, 7) is 10.9. The molecule has 1 fully saturated rings. The van der Waals surface area contributed by atoms with Crippen molar-refractivity contribution < 1.29 is 9.59 Å². The summed E-state index contributed by atoms with van der Waals surface area (Å²) in [5.41, 5.74) is 3.01. The first-order chi connectivity index (χ1) is 15.1. The molecule has 5 nitrogen and oxygen atoms in total. The van der Waals surface area contributed by atoms with Crippen LogP contribution in [0.5, 0.6) is 0 Å². The van der Waals surface area contributed by atoms with Crippen molar-refractivity contribution in [1.82, 2.24) is 15.5 Å². The summed E-state index contributed by atoms with van der Waals surface area (Å²) in [4.78, 5) is 27.5. The standard InChI is InChI=1S/C26H34ClN3O2/c1-18(28-25(32)20-7-9-21(10-8-20)26(2,3)4)24(31)29-23-13-15-30(16-14-23)17-19-5-11-22(27)12-6-19/h5-12,18,23H,13-17H2,1-4H3,(H,28,32)(H,29,31)/t18-/m0/s1. The van der Waals surface area contributed by atoms with Gasteiger partial charge in [0.1, 0.15) is 6.04 Å². The predicted molar refractivity (Wildman–Crippen MR) is 130 cm³/mol. The predicted octanol–water partition coefficient (Wildman–Crippen LogP) is 4.54. The van der Waals surface area contributed by atoms with Gasteiger partial charge in [0.15, 0.2) is 0 Å². The van der Waals surface area contributed by atoms with E-state index in [1.54, 1.807) is 6.92 Å². The molecule has 2 amide bonds. The first-order valence-corrected chi connectivity index (χ1v) is 11.7. The minimum absolute atomic E-state index is 0.0343. The summed E-state index contributed by atoms with van der Waals surface area (Å²) in [7, 11) is 0. The van der Waals surface area contributed by atoms with Crippen LogP contribution in [0, 0.1) is 0 Å². The molecule has 0 aromatic heterocycles. The zero-order valence-electron chi connectivity index (χ0n) is 19.5. The van der Waals surface area contributed by atoms with E-state index in [2.05, 4.69) is 48.4 Å². The molecule has 2 aromatic carbocycles. The summed E-state index contributed by atoms with van der Waals surface area (Å²) in [5.74, 6) is -0.369. The summed E-state index contributed by atoms with van der Waals surface area (Å²) >= 11 is 5.96. The average molecular weight is 456 g/mol. The lowest BCUT2D eigenvalue weighted by molar-refractivity contribution is -0.123. The van der Waals surface area contributed by atoms with Crippen molar-refractivity contribution in [2.75, 3.05) is 13.1 Å². The highest BCUT2D eigenvalue weighted by Crippen LogP contribution is 2.22. The van der Waals surface area contributed by atoms with Gasteiger partial charge in [0, 0.05) is 36.3 Å². The van der Waals surface area contributed by atoms with E-state index in [9.17, 15) is 9.59 Å². The molecule has 0 radical (unpaired) electrons. The van der Waals surface area contributed by atoms with E-state index in [1.807, 2.05) is 36.4 Å². The van der Waals surface area contributed by atoms with Crippen LogP contribution in [0.4, 0.5) is 0 Å². The second-order valence-corrected chi connectivity index (χ2v) is 10.1. The van der Waals surface area contributed by atoms with Gasteiger partial charge in [-0.05, 0) is 60.6 Å². The van der Waals surface area contributed by atoms with E-state index < -0.39 is 6.04 Å². The summed E-state index contributed by atoms with van der Waals surface area (Å²) in [6.07, 6.45) is 1.79. The highest BCUT2D eigenvalue weighted by molar-refractivity contribution is 6.30. The molecule has 1 aliphatic heterocycles. The van der Waals surface area contributed by atoms with E-state index in [0.717, 1.165) is 37.5 Å². The molecule has 0 bridgehead atoms. The zero-order valence-corrected chi connectivity index (χ0v) is 20.2. The number of piperidine rings is 1. The Bertz CT molecular complexity index is 912. The molecule has 0 unspecified atom stereocenters. The molecular weight excluding hydrogens is 422 g/mol. The Balaban J connectivity index is 1.43. The second-order valence-electron chi connectivity index (χ2n) is 9.71. The number of amides is 2. The molecule has 1 heterocycles. The topological polar surface area (TPSA) is 61.4 Å². The van der Waals surface area contributed by atoms with Gasteiger partial charge in [0.05, 0.1) is 0 Å². The van der Waals surface area contributed by atoms with Gasteiger partial charge in [-0.1, -0.05) is 56.6 Å². The number of likely N-dealkylation sites (tertiary alicyclic amines) is 1. The van der Waals surface area contributed by atoms with Crippen molar-refractivity contribution in [1.29, 1.82) is 0 Å². The Morgan fingerprint density at radius 3 is 2.19 bits per heavy atom. The van der Waals surface area contributed by atoms with E-state index in [-0.39, 0.29) is 23.3 Å². The molecular formula is C26H34ClN3O2. The normalized spacial score (nSPS) is 16.4. The molecule has 2 N–H and O–H groups in total. The van der Waals surface area contributed by atoms with Gasteiger partial charge < -0.3 is 10.6 Å². The number of hydrogen-bond acceptors (Lipinski definition) is 3. The van der Waals surface area contributed by atoms with Gasteiger partial charge in [-0.15, -0.1) is 0 Å². The molecule has 1 atom stereocenters. The maximum Gasteiger partial charge on any atom is 0.251 e. The molecule has 0 saturated carbocycles. The lowest BCUT2D eigenvalue weighted by Crippen LogP contribution is -2.51. The van der Waals surface area contributed by atoms with Crippen LogP contribution in [0.25, 0.3) is 0 Å². The van der Waals surface area contributed by atoms with Crippen LogP contribution >= 0.6 is 11.6 Å². The Labute approximate surface area is 196 Å². The first-order valence-electron chi connectivity index (χ1n) is 11.3. The van der Waals surface area contributed by atoms with E-state index in [4.69, 9.17) is 11.6 Å². The van der Waals surface area contributed by atoms with Gasteiger partial charge >= 0.3 is 0 Å². The Morgan fingerprint density at radius 2 is 1.62 bits per heavy atom. The van der Waals surface area contributed by atoms with Crippen molar-refractivity contribution >= 4 is 23.4 Å². The number of nitrogens with one attached hydrogen (secondary N) is 2. The maximum absolute atomic E-state index is 12.6. The van der Waals surface area contributed by atoms with Crippen LogP contribution in [-0.4, -0.2) is 41.9 Å². The molecule has 0 aliphatic carbocycles. The molecule has 172 valence electrons. The van der Waals surface area contributed by atoms with Crippen LogP contribution in [0.3, 0.4) is 0 Å². The molecule has 1 saturated heterocycles. The largest absolute Gasteiger partial charge is 0.351 e. The van der Waals surface area contributed by atoms with Crippen molar-refractivity contribution in [3.8, 4) is 0 Å². The number of rotatable bonds is 6. The fraction of sp³-hybridized carbons (Fsp3) is 0.462. The minimum atomic E-state index is -0.586. The van der Waals surface area contributed by atoms with Gasteiger partial charge in [0.2, 0.25) is 5.91 Å². The summed E-state index contributed by atoms with van der Waals surface area (Å²) in [6, 6.07) is 15.1. The van der Waals surface area contributed by atoms with E-state index >= 15 is 0 Å². The fourth-order valence-electron chi connectivity index (χ4n) is 3.88. The van der Waals surface area contributed by atoms with Crippen LogP contribution in [0.15, 0.2) is 48.5 Å². The molecule has 32 heavy (non-hydrogen) atoms. The average Bonchev–Trinajstić information content (AvgIpc) is 2.76. The van der Waals surface area contributed by atoms with Crippen molar-refractivity contribution in [3.63, 3.8) is 0 Å². The number of hydrogen-bond donors (Lipinski definition) is 2. The van der Waals surface area contributed by atoms with E-state index in [0.29, 0.717) is 5.56 Å².